The molecule has 0 fully saturated rings. The number of halogens is 1. The van der Waals surface area contributed by atoms with Gasteiger partial charge in [0, 0.05) is 23.7 Å². The van der Waals surface area contributed by atoms with Gasteiger partial charge in [-0.25, -0.2) is 0 Å². The summed E-state index contributed by atoms with van der Waals surface area (Å²) in [7, 11) is 0. The zero-order valence-electron chi connectivity index (χ0n) is 12.9. The molecule has 0 bridgehead atoms. The smallest absolute Gasteiger partial charge is 0.191 e. The maximum Gasteiger partial charge on any atom is 0.191 e. The maximum absolute atomic E-state index is 10.2. The van der Waals surface area contributed by atoms with E-state index in [1.165, 1.54) is 12.8 Å². The van der Waals surface area contributed by atoms with Crippen molar-refractivity contribution in [2.45, 2.75) is 39.2 Å². The summed E-state index contributed by atoms with van der Waals surface area (Å²) < 4.78 is 0. The number of aliphatic imine (C=N–C) groups is 1. The average molecular weight is 312 g/mol. The highest BCUT2D eigenvalue weighted by atomic mass is 35.5. The molecule has 0 aliphatic heterocycles. The van der Waals surface area contributed by atoms with E-state index in [9.17, 15) is 5.11 Å². The van der Waals surface area contributed by atoms with E-state index in [2.05, 4.69) is 22.5 Å². The van der Waals surface area contributed by atoms with Crippen molar-refractivity contribution in [2.24, 2.45) is 4.99 Å². The zero-order valence-corrected chi connectivity index (χ0v) is 13.7. The number of aliphatic hydroxyl groups excluding tert-OH is 1. The molecule has 1 aromatic rings. The Kier molecular flexibility index (Phi) is 8.87. The van der Waals surface area contributed by atoms with Gasteiger partial charge in [-0.15, -0.1) is 0 Å². The SMILES string of the molecule is CCCCCNC(=NCC(O)c1ccccc1Cl)NCC. The van der Waals surface area contributed by atoms with Crippen LogP contribution in [0.5, 0.6) is 0 Å². The Balaban J connectivity index is 2.54. The van der Waals surface area contributed by atoms with Crippen LogP contribution in [0.3, 0.4) is 0 Å². The zero-order chi connectivity index (χ0) is 15.5. The van der Waals surface area contributed by atoms with Gasteiger partial charge in [0.1, 0.15) is 6.10 Å². The van der Waals surface area contributed by atoms with E-state index in [4.69, 9.17) is 11.6 Å². The predicted molar refractivity (Wildman–Crippen MR) is 89.9 cm³/mol. The molecule has 1 atom stereocenters. The molecule has 0 aromatic heterocycles. The van der Waals surface area contributed by atoms with Gasteiger partial charge in [-0.2, -0.15) is 0 Å². The minimum Gasteiger partial charge on any atom is -0.386 e. The Morgan fingerprint density at radius 1 is 1.24 bits per heavy atom. The normalized spacial score (nSPS) is 13.0. The highest BCUT2D eigenvalue weighted by Crippen LogP contribution is 2.22. The summed E-state index contributed by atoms with van der Waals surface area (Å²) >= 11 is 6.07. The van der Waals surface area contributed by atoms with Gasteiger partial charge >= 0.3 is 0 Å². The highest BCUT2D eigenvalue weighted by molar-refractivity contribution is 6.31. The highest BCUT2D eigenvalue weighted by Gasteiger charge is 2.10. The summed E-state index contributed by atoms with van der Waals surface area (Å²) in [5, 5.41) is 17.2. The number of nitrogens with zero attached hydrogens (tertiary/aromatic N) is 1. The van der Waals surface area contributed by atoms with Crippen LogP contribution in [0.25, 0.3) is 0 Å². The molecule has 0 spiro atoms. The number of benzene rings is 1. The number of hydrogen-bond acceptors (Lipinski definition) is 2. The summed E-state index contributed by atoms with van der Waals surface area (Å²) in [6.45, 7) is 6.17. The first-order valence-corrected chi connectivity index (χ1v) is 8.01. The van der Waals surface area contributed by atoms with Gasteiger partial charge in [0.05, 0.1) is 6.54 Å². The lowest BCUT2D eigenvalue weighted by atomic mass is 10.1. The molecule has 21 heavy (non-hydrogen) atoms. The molecule has 1 unspecified atom stereocenters. The Morgan fingerprint density at radius 3 is 2.67 bits per heavy atom. The maximum atomic E-state index is 10.2. The van der Waals surface area contributed by atoms with Crippen LogP contribution in [0.1, 0.15) is 44.8 Å². The van der Waals surface area contributed by atoms with Gasteiger partial charge in [-0.1, -0.05) is 49.6 Å². The van der Waals surface area contributed by atoms with E-state index in [0.29, 0.717) is 10.6 Å². The second-order valence-electron chi connectivity index (χ2n) is 4.89. The summed E-state index contributed by atoms with van der Waals surface area (Å²) in [6.07, 6.45) is 2.83. The van der Waals surface area contributed by atoms with Crippen LogP contribution >= 0.6 is 11.6 Å². The van der Waals surface area contributed by atoms with Crippen molar-refractivity contribution in [3.8, 4) is 0 Å². The molecule has 1 rings (SSSR count). The second-order valence-corrected chi connectivity index (χ2v) is 5.30. The molecule has 0 saturated carbocycles. The largest absolute Gasteiger partial charge is 0.386 e. The topological polar surface area (TPSA) is 56.7 Å². The summed E-state index contributed by atoms with van der Waals surface area (Å²) in [4.78, 5) is 4.41. The second kappa shape index (κ2) is 10.5. The third kappa shape index (κ3) is 6.82. The van der Waals surface area contributed by atoms with Crippen LogP contribution in [-0.4, -0.2) is 30.7 Å². The summed E-state index contributed by atoms with van der Waals surface area (Å²) in [5.41, 5.74) is 0.713. The van der Waals surface area contributed by atoms with Crippen LogP contribution in [0, 0.1) is 0 Å². The van der Waals surface area contributed by atoms with E-state index in [0.717, 1.165) is 25.5 Å². The number of nitrogens with one attached hydrogen (secondary N) is 2. The van der Waals surface area contributed by atoms with E-state index < -0.39 is 6.10 Å². The molecular formula is C16H26ClN3O. The van der Waals surface area contributed by atoms with Gasteiger partial charge in [-0.3, -0.25) is 4.99 Å². The van der Waals surface area contributed by atoms with Crippen LogP contribution in [-0.2, 0) is 0 Å². The molecule has 0 radical (unpaired) electrons. The van der Waals surface area contributed by atoms with Crippen molar-refractivity contribution in [1.29, 1.82) is 0 Å². The predicted octanol–water partition coefficient (Wildman–Crippen LogP) is 3.12. The lowest BCUT2D eigenvalue weighted by molar-refractivity contribution is 0.187. The molecule has 1 aromatic carbocycles. The lowest BCUT2D eigenvalue weighted by Crippen LogP contribution is -2.38. The molecule has 0 heterocycles. The van der Waals surface area contributed by atoms with Gasteiger partial charge < -0.3 is 15.7 Å². The molecule has 5 heteroatoms. The van der Waals surface area contributed by atoms with Crippen molar-refractivity contribution in [1.82, 2.24) is 10.6 Å². The van der Waals surface area contributed by atoms with Crippen LogP contribution < -0.4 is 10.6 Å². The first-order chi connectivity index (χ1) is 10.2. The third-order valence-corrected chi connectivity index (χ3v) is 3.45. The fourth-order valence-corrected chi connectivity index (χ4v) is 2.21. The van der Waals surface area contributed by atoms with Gasteiger partial charge in [0.25, 0.3) is 0 Å². The number of rotatable bonds is 8. The number of unbranched alkanes of at least 4 members (excludes halogenated alkanes) is 2. The van der Waals surface area contributed by atoms with Crippen molar-refractivity contribution >= 4 is 17.6 Å². The van der Waals surface area contributed by atoms with E-state index >= 15 is 0 Å². The molecule has 3 N–H and O–H groups in total. The van der Waals surface area contributed by atoms with Crippen LogP contribution in [0.2, 0.25) is 5.02 Å². The minimum atomic E-state index is -0.690. The Morgan fingerprint density at radius 2 is 2.00 bits per heavy atom. The Hall–Kier alpha value is -1.26. The number of guanidine groups is 1. The number of aliphatic hydroxyl groups is 1. The van der Waals surface area contributed by atoms with Crippen LogP contribution in [0.15, 0.2) is 29.3 Å². The average Bonchev–Trinajstić information content (AvgIpc) is 2.49. The Labute approximate surface area is 132 Å². The van der Waals surface area contributed by atoms with Gasteiger partial charge in [-0.05, 0) is 19.4 Å². The van der Waals surface area contributed by atoms with Crippen LogP contribution in [0.4, 0.5) is 0 Å². The minimum absolute atomic E-state index is 0.285. The first-order valence-electron chi connectivity index (χ1n) is 7.63. The standard InChI is InChI=1S/C16H26ClN3O/c1-3-5-8-11-19-16(18-4-2)20-12-15(21)13-9-6-7-10-14(13)17/h6-7,9-10,15,21H,3-5,8,11-12H2,1-2H3,(H2,18,19,20). The molecule has 0 amide bonds. The molecular weight excluding hydrogens is 286 g/mol. The molecule has 118 valence electrons. The molecule has 0 saturated heterocycles. The van der Waals surface area contributed by atoms with E-state index in [1.807, 2.05) is 25.1 Å². The van der Waals surface area contributed by atoms with Gasteiger partial charge in [0.2, 0.25) is 0 Å². The monoisotopic (exact) mass is 311 g/mol. The summed E-state index contributed by atoms with van der Waals surface area (Å²) in [5.74, 6) is 0.736. The molecule has 4 nitrogen and oxygen atoms in total. The van der Waals surface area contributed by atoms with E-state index in [1.54, 1.807) is 6.07 Å². The Bertz CT molecular complexity index is 437. The van der Waals surface area contributed by atoms with Crippen molar-refractivity contribution in [3.63, 3.8) is 0 Å². The van der Waals surface area contributed by atoms with Crippen molar-refractivity contribution < 1.29 is 5.11 Å². The third-order valence-electron chi connectivity index (χ3n) is 3.10. The van der Waals surface area contributed by atoms with Crippen molar-refractivity contribution in [3.05, 3.63) is 34.9 Å². The molecule has 0 aliphatic rings. The summed E-state index contributed by atoms with van der Waals surface area (Å²) in [6, 6.07) is 7.31. The van der Waals surface area contributed by atoms with Crippen molar-refractivity contribution in [2.75, 3.05) is 19.6 Å². The van der Waals surface area contributed by atoms with E-state index in [-0.39, 0.29) is 6.54 Å². The van der Waals surface area contributed by atoms with Gasteiger partial charge in [0.15, 0.2) is 5.96 Å². The fraction of sp³-hybridized carbons (Fsp3) is 0.562. The quantitative estimate of drug-likeness (QED) is 0.393. The fourth-order valence-electron chi connectivity index (χ4n) is 1.94. The molecule has 0 aliphatic carbocycles. The first kappa shape index (κ1) is 17.8. The lowest BCUT2D eigenvalue weighted by Gasteiger charge is -2.14. The number of hydrogen-bond donors (Lipinski definition) is 3.